The summed E-state index contributed by atoms with van der Waals surface area (Å²) in [5.41, 5.74) is 4.92. The van der Waals surface area contributed by atoms with Crippen molar-refractivity contribution in [3.63, 3.8) is 0 Å². The van der Waals surface area contributed by atoms with Crippen LogP contribution in [0.25, 0.3) is 0 Å². The Kier molecular flexibility index (Phi) is 5.75. The fourth-order valence-electron chi connectivity index (χ4n) is 3.53. The number of amides is 1. The maximum absolute atomic E-state index is 12.8. The third-order valence-electron chi connectivity index (χ3n) is 5.12. The van der Waals surface area contributed by atoms with E-state index >= 15 is 0 Å². The van der Waals surface area contributed by atoms with Crippen LogP contribution in [0.2, 0.25) is 5.02 Å². The van der Waals surface area contributed by atoms with Gasteiger partial charge in [-0.05, 0) is 42.0 Å². The Morgan fingerprint density at radius 3 is 2.53 bits per heavy atom. The molecule has 6 heteroatoms. The molecule has 1 amide bonds. The first-order valence-corrected chi connectivity index (χ1v) is 11.3. The standard InChI is InChI=1S/C26H18ClN3OS/c27-21-9-3-1-7-19(21)25-20-8-2-4-10-23(20)32-24-12-11-18(14-22(24)30-25)26(31)29-16-17-6-5-13-28-15-17/h1-15H,16H2,(H,29,31). The summed E-state index contributed by atoms with van der Waals surface area (Å²) in [7, 11) is 0. The summed E-state index contributed by atoms with van der Waals surface area (Å²) < 4.78 is 0. The Bertz CT molecular complexity index is 1340. The molecule has 0 bridgehead atoms. The number of halogens is 1. The predicted molar refractivity (Wildman–Crippen MR) is 129 cm³/mol. The molecule has 2 heterocycles. The van der Waals surface area contributed by atoms with Gasteiger partial charge in [0.25, 0.3) is 5.91 Å². The second kappa shape index (κ2) is 8.99. The van der Waals surface area contributed by atoms with Gasteiger partial charge in [0.05, 0.1) is 11.4 Å². The highest BCUT2D eigenvalue weighted by atomic mass is 35.5. The lowest BCUT2D eigenvalue weighted by atomic mass is 10.0. The zero-order valence-electron chi connectivity index (χ0n) is 17.0. The molecule has 4 aromatic rings. The second-order valence-corrected chi connectivity index (χ2v) is 8.76. The molecule has 4 nitrogen and oxygen atoms in total. The molecule has 3 aromatic carbocycles. The third-order valence-corrected chi connectivity index (χ3v) is 6.59. The molecule has 1 aliphatic heterocycles. The number of hydrogen-bond donors (Lipinski definition) is 1. The summed E-state index contributed by atoms with van der Waals surface area (Å²) in [5.74, 6) is -0.155. The highest BCUT2D eigenvalue weighted by molar-refractivity contribution is 7.99. The summed E-state index contributed by atoms with van der Waals surface area (Å²) in [6.07, 6.45) is 3.45. The summed E-state index contributed by atoms with van der Waals surface area (Å²) in [6.45, 7) is 0.415. The molecule has 0 saturated carbocycles. The average molecular weight is 456 g/mol. The van der Waals surface area contributed by atoms with Gasteiger partial charge in [0.15, 0.2) is 0 Å². The van der Waals surface area contributed by atoms with Crippen LogP contribution in [-0.2, 0) is 6.54 Å². The molecule has 32 heavy (non-hydrogen) atoms. The van der Waals surface area contributed by atoms with Gasteiger partial charge in [0.2, 0.25) is 0 Å². The number of nitrogens with one attached hydrogen (secondary N) is 1. The number of nitrogens with zero attached hydrogens (tertiary/aromatic N) is 2. The zero-order valence-corrected chi connectivity index (χ0v) is 18.5. The van der Waals surface area contributed by atoms with Crippen molar-refractivity contribution in [3.05, 3.63) is 119 Å². The van der Waals surface area contributed by atoms with Gasteiger partial charge in [0, 0.05) is 50.4 Å². The summed E-state index contributed by atoms with van der Waals surface area (Å²) in [5, 5.41) is 3.59. The average Bonchev–Trinajstić information content (AvgIpc) is 3.00. The molecule has 156 valence electrons. The monoisotopic (exact) mass is 455 g/mol. The number of aliphatic imine (C=N–C) groups is 1. The number of carbonyl (C=O) groups excluding carboxylic acids is 1. The van der Waals surface area contributed by atoms with Gasteiger partial charge in [-0.25, -0.2) is 4.99 Å². The fourth-order valence-corrected chi connectivity index (χ4v) is 4.76. The maximum atomic E-state index is 12.8. The quantitative estimate of drug-likeness (QED) is 0.346. The van der Waals surface area contributed by atoms with Crippen LogP contribution in [0, 0.1) is 0 Å². The van der Waals surface area contributed by atoms with Crippen LogP contribution >= 0.6 is 23.4 Å². The minimum Gasteiger partial charge on any atom is -0.348 e. The van der Waals surface area contributed by atoms with E-state index in [1.165, 1.54) is 0 Å². The topological polar surface area (TPSA) is 54.4 Å². The zero-order chi connectivity index (χ0) is 21.9. The molecule has 0 spiro atoms. The normalized spacial score (nSPS) is 12.2. The molecule has 0 fully saturated rings. The molecule has 0 aliphatic carbocycles. The predicted octanol–water partition coefficient (Wildman–Crippen LogP) is 6.30. The molecular weight excluding hydrogens is 438 g/mol. The van der Waals surface area contributed by atoms with E-state index in [2.05, 4.69) is 22.4 Å². The minimum absolute atomic E-state index is 0.155. The van der Waals surface area contributed by atoms with Crippen LogP contribution in [0.15, 0.2) is 106 Å². The van der Waals surface area contributed by atoms with Crippen molar-refractivity contribution in [1.29, 1.82) is 0 Å². The van der Waals surface area contributed by atoms with Crippen molar-refractivity contribution in [2.75, 3.05) is 0 Å². The maximum Gasteiger partial charge on any atom is 0.251 e. The lowest BCUT2D eigenvalue weighted by Crippen LogP contribution is -2.22. The van der Waals surface area contributed by atoms with Gasteiger partial charge >= 0.3 is 0 Å². The number of rotatable bonds is 4. The van der Waals surface area contributed by atoms with Crippen LogP contribution in [0.1, 0.15) is 27.0 Å². The van der Waals surface area contributed by atoms with Gasteiger partial charge in [-0.2, -0.15) is 0 Å². The van der Waals surface area contributed by atoms with Gasteiger partial charge in [0.1, 0.15) is 0 Å². The number of carbonyl (C=O) groups is 1. The lowest BCUT2D eigenvalue weighted by Gasteiger charge is -2.10. The molecule has 0 atom stereocenters. The minimum atomic E-state index is -0.155. The van der Waals surface area contributed by atoms with E-state index < -0.39 is 0 Å². The van der Waals surface area contributed by atoms with E-state index in [4.69, 9.17) is 16.6 Å². The number of benzene rings is 3. The molecule has 0 unspecified atom stereocenters. The molecule has 0 radical (unpaired) electrons. The Morgan fingerprint density at radius 1 is 0.906 bits per heavy atom. The first-order chi connectivity index (χ1) is 15.7. The van der Waals surface area contributed by atoms with E-state index in [9.17, 15) is 4.79 Å². The van der Waals surface area contributed by atoms with Crippen molar-refractivity contribution in [2.45, 2.75) is 16.3 Å². The van der Waals surface area contributed by atoms with E-state index in [-0.39, 0.29) is 5.91 Å². The molecule has 0 saturated heterocycles. The fraction of sp³-hybridized carbons (Fsp3) is 0.0385. The van der Waals surface area contributed by atoms with E-state index in [0.29, 0.717) is 17.1 Å². The lowest BCUT2D eigenvalue weighted by molar-refractivity contribution is 0.0951. The van der Waals surface area contributed by atoms with Crippen molar-refractivity contribution in [1.82, 2.24) is 10.3 Å². The van der Waals surface area contributed by atoms with E-state index in [1.807, 2.05) is 66.7 Å². The van der Waals surface area contributed by atoms with Crippen LogP contribution < -0.4 is 5.32 Å². The number of hydrogen-bond acceptors (Lipinski definition) is 4. The Balaban J connectivity index is 1.53. The molecule has 1 aliphatic rings. The molecular formula is C26H18ClN3OS. The van der Waals surface area contributed by atoms with Crippen LogP contribution in [0.3, 0.4) is 0 Å². The van der Waals surface area contributed by atoms with Crippen LogP contribution in [0.5, 0.6) is 0 Å². The van der Waals surface area contributed by atoms with Crippen molar-refractivity contribution < 1.29 is 4.79 Å². The smallest absolute Gasteiger partial charge is 0.251 e. The third kappa shape index (κ3) is 4.17. The Hall–Kier alpha value is -3.41. The summed E-state index contributed by atoms with van der Waals surface area (Å²) in [4.78, 5) is 24.0. The summed E-state index contributed by atoms with van der Waals surface area (Å²) >= 11 is 8.17. The highest BCUT2D eigenvalue weighted by Crippen LogP contribution is 2.42. The number of fused-ring (bicyclic) bond motifs is 2. The van der Waals surface area contributed by atoms with Gasteiger partial charge in [-0.15, -0.1) is 0 Å². The van der Waals surface area contributed by atoms with Crippen LogP contribution in [-0.4, -0.2) is 16.6 Å². The first-order valence-electron chi connectivity index (χ1n) is 10.1. The van der Waals surface area contributed by atoms with Crippen LogP contribution in [0.4, 0.5) is 5.69 Å². The molecule has 1 N–H and O–H groups in total. The highest BCUT2D eigenvalue weighted by Gasteiger charge is 2.21. The van der Waals surface area contributed by atoms with Crippen molar-refractivity contribution in [2.24, 2.45) is 4.99 Å². The first kappa shape index (κ1) is 20.5. The Labute approximate surface area is 195 Å². The largest absolute Gasteiger partial charge is 0.348 e. The second-order valence-electron chi connectivity index (χ2n) is 7.26. The SMILES string of the molecule is O=C(NCc1cccnc1)c1ccc2c(c1)N=C(c1ccccc1Cl)c1ccccc1S2. The Morgan fingerprint density at radius 2 is 1.72 bits per heavy atom. The van der Waals surface area contributed by atoms with Crippen molar-refractivity contribution in [3.8, 4) is 0 Å². The van der Waals surface area contributed by atoms with Gasteiger partial charge in [-0.1, -0.05) is 65.8 Å². The summed E-state index contributed by atoms with van der Waals surface area (Å²) in [6, 6.07) is 25.2. The van der Waals surface area contributed by atoms with Gasteiger partial charge in [-0.3, -0.25) is 9.78 Å². The molecule has 5 rings (SSSR count). The van der Waals surface area contributed by atoms with E-state index in [0.717, 1.165) is 37.9 Å². The molecule has 1 aromatic heterocycles. The number of aromatic nitrogens is 1. The van der Waals surface area contributed by atoms with Crippen molar-refractivity contribution >= 4 is 40.7 Å². The van der Waals surface area contributed by atoms with E-state index in [1.54, 1.807) is 24.2 Å². The number of pyridine rings is 1. The van der Waals surface area contributed by atoms with Gasteiger partial charge < -0.3 is 5.32 Å².